The zero-order valence-corrected chi connectivity index (χ0v) is 19.0. The lowest BCUT2D eigenvalue weighted by atomic mass is 10.0. The van der Waals surface area contributed by atoms with Crippen LogP contribution in [0, 0.1) is 21.4 Å². The van der Waals surface area contributed by atoms with Crippen LogP contribution in [0.1, 0.15) is 11.1 Å². The van der Waals surface area contributed by atoms with Crippen molar-refractivity contribution in [2.24, 2.45) is 0 Å². The van der Waals surface area contributed by atoms with E-state index in [2.05, 4.69) is 27.3 Å². The molecule has 0 unspecified atom stereocenters. The van der Waals surface area contributed by atoms with Gasteiger partial charge < -0.3 is 14.8 Å². The van der Waals surface area contributed by atoms with Crippen molar-refractivity contribution in [3.8, 4) is 17.6 Å². The minimum Gasteiger partial charge on any atom is -0.495 e. The molecule has 0 saturated heterocycles. The Morgan fingerprint density at radius 3 is 2.55 bits per heavy atom. The number of carbonyl (C=O) groups excluding carboxylic acids is 1. The number of methoxy groups -OCH3 is 1. The number of nitrogens with zero attached hydrogens (tertiary/aromatic N) is 2. The van der Waals surface area contributed by atoms with Crippen molar-refractivity contribution >= 4 is 44.9 Å². The number of hydrogen-bond donors (Lipinski definition) is 1. The monoisotopic (exact) mass is 507 g/mol. The van der Waals surface area contributed by atoms with Gasteiger partial charge in [0.05, 0.1) is 29.4 Å². The Balaban J connectivity index is 1.80. The molecule has 3 rings (SSSR count). The molecule has 33 heavy (non-hydrogen) atoms. The number of carbonyl (C=O) groups is 1. The highest BCUT2D eigenvalue weighted by Gasteiger charge is 2.12. The van der Waals surface area contributed by atoms with E-state index in [9.17, 15) is 20.2 Å². The van der Waals surface area contributed by atoms with Crippen LogP contribution in [0.4, 0.5) is 11.4 Å². The zero-order valence-electron chi connectivity index (χ0n) is 17.4. The highest BCUT2D eigenvalue weighted by atomic mass is 79.9. The number of nitrogens with one attached hydrogen (secondary N) is 1. The molecule has 0 spiro atoms. The van der Waals surface area contributed by atoms with E-state index in [-0.39, 0.29) is 23.8 Å². The average Bonchev–Trinajstić information content (AvgIpc) is 2.82. The Morgan fingerprint density at radius 2 is 1.88 bits per heavy atom. The number of anilines is 1. The molecule has 0 aliphatic rings. The molecule has 0 heterocycles. The molecule has 0 aliphatic heterocycles. The summed E-state index contributed by atoms with van der Waals surface area (Å²) in [6.07, 6.45) is 1.60. The van der Waals surface area contributed by atoms with Crippen LogP contribution in [-0.2, 0) is 4.79 Å². The van der Waals surface area contributed by atoms with Gasteiger partial charge >= 0.3 is 0 Å². The Bertz CT molecular complexity index is 1250. The van der Waals surface area contributed by atoms with Gasteiger partial charge in [0.15, 0.2) is 6.61 Å². The molecule has 0 atom stereocenters. The van der Waals surface area contributed by atoms with Gasteiger partial charge in [0, 0.05) is 22.2 Å². The predicted molar refractivity (Wildman–Crippen MR) is 128 cm³/mol. The van der Waals surface area contributed by atoms with Crippen LogP contribution in [0.2, 0.25) is 0 Å². The predicted octanol–water partition coefficient (Wildman–Crippen LogP) is 5.45. The number of nitro groups is 1. The standard InChI is InChI=1S/C24H18BrN3O5/c1-32-23-5-3-2-4-21(23)27-24(29)15-33-22-11-8-19(25)13-17(22)12-18(14-26)16-6-9-20(10-7-16)28(30)31/h2-13H,15H2,1H3,(H,27,29)/b18-12+. The van der Waals surface area contributed by atoms with E-state index in [0.717, 1.165) is 4.47 Å². The number of halogens is 1. The third kappa shape index (κ3) is 6.18. The summed E-state index contributed by atoms with van der Waals surface area (Å²) in [4.78, 5) is 22.8. The first-order valence-electron chi connectivity index (χ1n) is 9.63. The summed E-state index contributed by atoms with van der Waals surface area (Å²) in [7, 11) is 1.51. The van der Waals surface area contributed by atoms with E-state index in [0.29, 0.717) is 28.3 Å². The van der Waals surface area contributed by atoms with Gasteiger partial charge in [0.2, 0.25) is 0 Å². The topological polar surface area (TPSA) is 114 Å². The molecule has 0 saturated carbocycles. The van der Waals surface area contributed by atoms with E-state index in [1.54, 1.807) is 48.5 Å². The second-order valence-corrected chi connectivity index (χ2v) is 7.61. The largest absolute Gasteiger partial charge is 0.495 e. The fraction of sp³-hybridized carbons (Fsp3) is 0.0833. The molecular formula is C24H18BrN3O5. The first kappa shape index (κ1) is 23.5. The summed E-state index contributed by atoms with van der Waals surface area (Å²) in [5.74, 6) is 0.538. The minimum atomic E-state index is -0.504. The smallest absolute Gasteiger partial charge is 0.269 e. The molecular weight excluding hydrogens is 490 g/mol. The molecule has 0 aromatic heterocycles. The van der Waals surface area contributed by atoms with E-state index in [1.807, 2.05) is 0 Å². The van der Waals surface area contributed by atoms with Crippen LogP contribution < -0.4 is 14.8 Å². The number of para-hydroxylation sites is 2. The highest BCUT2D eigenvalue weighted by Crippen LogP contribution is 2.29. The molecule has 8 nitrogen and oxygen atoms in total. The molecule has 0 radical (unpaired) electrons. The van der Waals surface area contributed by atoms with E-state index < -0.39 is 4.92 Å². The van der Waals surface area contributed by atoms with Gasteiger partial charge in [-0.25, -0.2) is 0 Å². The Labute approximate surface area is 198 Å². The average molecular weight is 508 g/mol. The lowest BCUT2D eigenvalue weighted by molar-refractivity contribution is -0.384. The van der Waals surface area contributed by atoms with Crippen LogP contribution >= 0.6 is 15.9 Å². The number of nitriles is 1. The number of non-ortho nitro benzene ring substituents is 1. The molecule has 3 aromatic rings. The number of rotatable bonds is 8. The van der Waals surface area contributed by atoms with Crippen molar-refractivity contribution < 1.29 is 19.2 Å². The van der Waals surface area contributed by atoms with Gasteiger partial charge in [0.1, 0.15) is 11.5 Å². The molecule has 0 fully saturated rings. The van der Waals surface area contributed by atoms with Crippen molar-refractivity contribution in [3.05, 3.63) is 92.4 Å². The van der Waals surface area contributed by atoms with Gasteiger partial charge in [-0.1, -0.05) is 28.1 Å². The van der Waals surface area contributed by atoms with Crippen molar-refractivity contribution in [3.63, 3.8) is 0 Å². The summed E-state index contributed by atoms with van der Waals surface area (Å²) < 4.78 is 11.7. The van der Waals surface area contributed by atoms with Crippen LogP contribution in [0.3, 0.4) is 0 Å². The van der Waals surface area contributed by atoms with Crippen LogP contribution in [0.15, 0.2) is 71.2 Å². The molecule has 3 aromatic carbocycles. The maximum atomic E-state index is 12.4. The normalized spacial score (nSPS) is 10.8. The van der Waals surface area contributed by atoms with Crippen molar-refractivity contribution in [1.82, 2.24) is 0 Å². The molecule has 1 N–H and O–H groups in total. The molecule has 1 amide bonds. The number of nitro benzene ring substituents is 1. The van der Waals surface area contributed by atoms with Gasteiger partial charge in [-0.05, 0) is 54.1 Å². The Morgan fingerprint density at radius 1 is 1.15 bits per heavy atom. The summed E-state index contributed by atoms with van der Waals surface area (Å²) in [5.41, 5.74) is 1.82. The highest BCUT2D eigenvalue weighted by molar-refractivity contribution is 9.10. The van der Waals surface area contributed by atoms with Crippen molar-refractivity contribution in [2.75, 3.05) is 19.0 Å². The summed E-state index contributed by atoms with van der Waals surface area (Å²) in [5, 5.41) is 23.2. The lowest BCUT2D eigenvalue weighted by Gasteiger charge is -2.12. The number of ether oxygens (including phenoxy) is 2. The Kier molecular flexibility index (Phi) is 7.78. The number of allylic oxidation sites excluding steroid dienone is 1. The summed E-state index contributed by atoms with van der Waals surface area (Å²) in [6.45, 7) is -0.264. The van der Waals surface area contributed by atoms with Crippen LogP contribution in [-0.4, -0.2) is 24.5 Å². The first-order valence-corrected chi connectivity index (χ1v) is 10.4. The summed E-state index contributed by atoms with van der Waals surface area (Å²) in [6, 6.07) is 20.0. The molecule has 166 valence electrons. The third-order valence-corrected chi connectivity index (χ3v) is 5.01. The molecule has 0 bridgehead atoms. The Hall–Kier alpha value is -4.16. The maximum Gasteiger partial charge on any atom is 0.269 e. The zero-order chi connectivity index (χ0) is 23.8. The fourth-order valence-electron chi connectivity index (χ4n) is 2.94. The van der Waals surface area contributed by atoms with Gasteiger partial charge in [0.25, 0.3) is 11.6 Å². The van der Waals surface area contributed by atoms with E-state index >= 15 is 0 Å². The fourth-order valence-corrected chi connectivity index (χ4v) is 3.32. The number of amides is 1. The summed E-state index contributed by atoms with van der Waals surface area (Å²) >= 11 is 3.39. The first-order chi connectivity index (χ1) is 15.9. The number of hydrogen-bond acceptors (Lipinski definition) is 6. The second-order valence-electron chi connectivity index (χ2n) is 6.69. The van der Waals surface area contributed by atoms with Crippen LogP contribution in [0.5, 0.6) is 11.5 Å². The third-order valence-electron chi connectivity index (χ3n) is 4.52. The van der Waals surface area contributed by atoms with E-state index in [4.69, 9.17) is 9.47 Å². The van der Waals surface area contributed by atoms with Crippen molar-refractivity contribution in [1.29, 1.82) is 5.26 Å². The van der Waals surface area contributed by atoms with Gasteiger partial charge in [-0.15, -0.1) is 0 Å². The SMILES string of the molecule is COc1ccccc1NC(=O)COc1ccc(Br)cc1/C=C(\C#N)c1ccc([N+](=O)[O-])cc1. The molecule has 9 heteroatoms. The number of benzene rings is 3. The van der Waals surface area contributed by atoms with Crippen LogP contribution in [0.25, 0.3) is 11.6 Å². The minimum absolute atomic E-state index is 0.0661. The van der Waals surface area contributed by atoms with E-state index in [1.165, 1.54) is 31.4 Å². The quantitative estimate of drug-likeness (QED) is 0.187. The molecule has 0 aliphatic carbocycles. The van der Waals surface area contributed by atoms with Crippen molar-refractivity contribution in [2.45, 2.75) is 0 Å². The maximum absolute atomic E-state index is 12.4. The van der Waals surface area contributed by atoms with Gasteiger partial charge in [-0.2, -0.15) is 5.26 Å². The second kappa shape index (κ2) is 10.9. The lowest BCUT2D eigenvalue weighted by Crippen LogP contribution is -2.20. The van der Waals surface area contributed by atoms with Gasteiger partial charge in [-0.3, -0.25) is 14.9 Å².